The number of H-pyrrole nitrogens is 1. The summed E-state index contributed by atoms with van der Waals surface area (Å²) in [5, 5.41) is 2.08. The third-order valence-electron chi connectivity index (χ3n) is 2.69. The lowest BCUT2D eigenvalue weighted by Gasteiger charge is -2.12. The number of ether oxygens (including phenoxy) is 1. The van der Waals surface area contributed by atoms with E-state index >= 15 is 0 Å². The Morgan fingerprint density at radius 3 is 2.72 bits per heavy atom. The highest BCUT2D eigenvalue weighted by molar-refractivity contribution is 7.90. The van der Waals surface area contributed by atoms with E-state index in [2.05, 4.69) is 20.3 Å². The minimum atomic E-state index is -4.23. The standard InChI is InChI=1S/C13H14ClN5O5S/c1-8-15-11(17-12(20)16-8)18-13(21)19-25(22,23)10-5-3-2-4-9(10)24-7-6-14/h2-5H,6-7H2,1H3,(H3,15,16,17,18,19,20,21). The highest BCUT2D eigenvalue weighted by Gasteiger charge is 2.22. The Hall–Kier alpha value is -2.66. The maximum atomic E-state index is 12.4. The van der Waals surface area contributed by atoms with Gasteiger partial charge in [0.1, 0.15) is 23.1 Å². The fraction of sp³-hybridized carbons (Fsp3) is 0.231. The van der Waals surface area contributed by atoms with Gasteiger partial charge in [-0.2, -0.15) is 9.97 Å². The number of nitrogens with zero attached hydrogens (tertiary/aromatic N) is 2. The van der Waals surface area contributed by atoms with Crippen molar-refractivity contribution in [2.24, 2.45) is 0 Å². The number of aromatic amines is 1. The molecule has 3 N–H and O–H groups in total. The number of aryl methyl sites for hydroxylation is 1. The molecule has 25 heavy (non-hydrogen) atoms. The summed E-state index contributed by atoms with van der Waals surface area (Å²) < 4.78 is 31.8. The van der Waals surface area contributed by atoms with E-state index in [1.165, 1.54) is 25.1 Å². The predicted octanol–water partition coefficient (Wildman–Crippen LogP) is 0.601. The van der Waals surface area contributed by atoms with Gasteiger partial charge in [-0.15, -0.1) is 11.6 Å². The Labute approximate surface area is 147 Å². The van der Waals surface area contributed by atoms with Gasteiger partial charge in [0.15, 0.2) is 0 Å². The molecule has 1 aromatic carbocycles. The average Bonchev–Trinajstić information content (AvgIpc) is 2.51. The van der Waals surface area contributed by atoms with Gasteiger partial charge in [-0.05, 0) is 19.1 Å². The van der Waals surface area contributed by atoms with E-state index in [1.54, 1.807) is 10.8 Å². The van der Waals surface area contributed by atoms with Gasteiger partial charge in [0.25, 0.3) is 10.0 Å². The summed E-state index contributed by atoms with van der Waals surface area (Å²) in [6.07, 6.45) is 0. The van der Waals surface area contributed by atoms with E-state index in [9.17, 15) is 18.0 Å². The van der Waals surface area contributed by atoms with Gasteiger partial charge in [0, 0.05) is 0 Å². The Kier molecular flexibility index (Phi) is 5.93. The molecule has 0 saturated heterocycles. The zero-order valence-electron chi connectivity index (χ0n) is 12.9. The number of rotatable bonds is 6. The monoisotopic (exact) mass is 387 g/mol. The molecule has 0 atom stereocenters. The van der Waals surface area contributed by atoms with Crippen LogP contribution in [0.15, 0.2) is 34.0 Å². The van der Waals surface area contributed by atoms with Crippen molar-refractivity contribution in [3.8, 4) is 5.75 Å². The lowest BCUT2D eigenvalue weighted by molar-refractivity contribution is 0.256. The molecule has 10 nitrogen and oxygen atoms in total. The van der Waals surface area contributed by atoms with Crippen LogP contribution in [0.2, 0.25) is 0 Å². The normalized spacial score (nSPS) is 11.0. The van der Waals surface area contributed by atoms with E-state index in [-0.39, 0.29) is 34.9 Å². The predicted molar refractivity (Wildman–Crippen MR) is 89.4 cm³/mol. The molecule has 12 heteroatoms. The van der Waals surface area contributed by atoms with Crippen molar-refractivity contribution in [3.05, 3.63) is 40.6 Å². The lowest BCUT2D eigenvalue weighted by atomic mass is 10.3. The zero-order valence-corrected chi connectivity index (χ0v) is 14.5. The second kappa shape index (κ2) is 7.94. The molecule has 0 bridgehead atoms. The number of hydrogen-bond acceptors (Lipinski definition) is 7. The van der Waals surface area contributed by atoms with Crippen LogP contribution in [0.25, 0.3) is 0 Å². The lowest BCUT2D eigenvalue weighted by Crippen LogP contribution is -2.35. The number of carbonyl (C=O) groups excluding carboxylic acids is 1. The number of carbonyl (C=O) groups is 1. The number of halogens is 1. The number of aromatic nitrogens is 3. The molecule has 1 aromatic heterocycles. The quantitative estimate of drug-likeness (QED) is 0.615. The van der Waals surface area contributed by atoms with E-state index in [0.717, 1.165) is 0 Å². The SMILES string of the molecule is Cc1nc(NC(=O)NS(=O)(=O)c2ccccc2OCCCl)nc(=O)[nH]1. The molecule has 0 aliphatic carbocycles. The molecule has 0 fully saturated rings. The summed E-state index contributed by atoms with van der Waals surface area (Å²) in [4.78, 5) is 32.3. The molecular formula is C13H14ClN5O5S. The molecule has 2 rings (SSSR count). The third kappa shape index (κ3) is 5.16. The number of urea groups is 1. The Morgan fingerprint density at radius 1 is 1.32 bits per heavy atom. The first-order valence-electron chi connectivity index (χ1n) is 6.88. The molecule has 0 saturated carbocycles. The molecule has 0 unspecified atom stereocenters. The van der Waals surface area contributed by atoms with E-state index < -0.39 is 21.7 Å². The Bertz CT molecular complexity index is 930. The van der Waals surface area contributed by atoms with Gasteiger partial charge >= 0.3 is 11.7 Å². The van der Waals surface area contributed by atoms with Crippen LogP contribution in [0.4, 0.5) is 10.7 Å². The molecule has 0 radical (unpaired) electrons. The fourth-order valence-electron chi connectivity index (χ4n) is 1.79. The minimum Gasteiger partial charge on any atom is -0.491 e. The summed E-state index contributed by atoms with van der Waals surface area (Å²) in [5.74, 6) is 0.0898. The van der Waals surface area contributed by atoms with Crippen molar-refractivity contribution in [3.63, 3.8) is 0 Å². The number of amides is 2. The van der Waals surface area contributed by atoms with Crippen LogP contribution in [0, 0.1) is 6.92 Å². The van der Waals surface area contributed by atoms with Crippen molar-refractivity contribution in [2.45, 2.75) is 11.8 Å². The zero-order chi connectivity index (χ0) is 18.4. The number of hydrogen-bond donors (Lipinski definition) is 3. The van der Waals surface area contributed by atoms with Gasteiger partial charge in [0.2, 0.25) is 5.95 Å². The minimum absolute atomic E-state index is 0.0479. The summed E-state index contributed by atoms with van der Waals surface area (Å²) in [5.41, 5.74) is -0.731. The number of sulfonamides is 1. The van der Waals surface area contributed by atoms with Gasteiger partial charge in [-0.25, -0.2) is 22.7 Å². The van der Waals surface area contributed by atoms with Gasteiger partial charge < -0.3 is 4.74 Å². The molecule has 1 heterocycles. The van der Waals surface area contributed by atoms with Crippen molar-refractivity contribution in [1.82, 2.24) is 19.7 Å². The third-order valence-corrected chi connectivity index (χ3v) is 4.22. The largest absolute Gasteiger partial charge is 0.491 e. The molecule has 0 aliphatic rings. The molecule has 2 aromatic rings. The van der Waals surface area contributed by atoms with Crippen LogP contribution in [0.3, 0.4) is 0 Å². The summed E-state index contributed by atoms with van der Waals surface area (Å²) in [7, 11) is -4.23. The second-order valence-electron chi connectivity index (χ2n) is 4.61. The van der Waals surface area contributed by atoms with E-state index in [1.807, 2.05) is 0 Å². The first kappa shape index (κ1) is 18.7. The molecule has 134 valence electrons. The van der Waals surface area contributed by atoms with Crippen LogP contribution in [0.5, 0.6) is 5.75 Å². The maximum Gasteiger partial charge on any atom is 0.349 e. The first-order chi connectivity index (χ1) is 11.8. The van der Waals surface area contributed by atoms with Crippen LogP contribution < -0.4 is 20.5 Å². The second-order valence-corrected chi connectivity index (χ2v) is 6.64. The summed E-state index contributed by atoms with van der Waals surface area (Å²) >= 11 is 5.52. The summed E-state index contributed by atoms with van der Waals surface area (Å²) in [6.45, 7) is 1.58. The number of alkyl halides is 1. The molecule has 0 spiro atoms. The highest BCUT2D eigenvalue weighted by atomic mass is 35.5. The smallest absolute Gasteiger partial charge is 0.349 e. The van der Waals surface area contributed by atoms with E-state index in [0.29, 0.717) is 0 Å². The number of anilines is 1. The van der Waals surface area contributed by atoms with Crippen molar-refractivity contribution < 1.29 is 17.9 Å². The van der Waals surface area contributed by atoms with E-state index in [4.69, 9.17) is 16.3 Å². The van der Waals surface area contributed by atoms with Gasteiger partial charge in [0.05, 0.1) is 5.88 Å². The number of benzene rings is 1. The average molecular weight is 388 g/mol. The topological polar surface area (TPSA) is 143 Å². The molecule has 2 amide bonds. The fourth-order valence-corrected chi connectivity index (χ4v) is 2.92. The Balaban J connectivity index is 2.18. The van der Waals surface area contributed by atoms with Gasteiger partial charge in [-0.3, -0.25) is 10.3 Å². The molecular weight excluding hydrogens is 374 g/mol. The van der Waals surface area contributed by atoms with Gasteiger partial charge in [-0.1, -0.05) is 12.1 Å². The first-order valence-corrected chi connectivity index (χ1v) is 8.90. The number of para-hydroxylation sites is 1. The van der Waals surface area contributed by atoms with Crippen LogP contribution in [0.1, 0.15) is 5.82 Å². The van der Waals surface area contributed by atoms with Crippen molar-refractivity contribution in [1.29, 1.82) is 0 Å². The summed E-state index contributed by atoms with van der Waals surface area (Å²) in [6, 6.07) is 4.63. The Morgan fingerprint density at radius 2 is 2.04 bits per heavy atom. The van der Waals surface area contributed by atoms with Crippen molar-refractivity contribution >= 4 is 33.6 Å². The highest BCUT2D eigenvalue weighted by Crippen LogP contribution is 2.23. The molecule has 0 aliphatic heterocycles. The van der Waals surface area contributed by atoms with Crippen LogP contribution in [-0.2, 0) is 10.0 Å². The van der Waals surface area contributed by atoms with Crippen molar-refractivity contribution in [2.75, 3.05) is 17.8 Å². The van der Waals surface area contributed by atoms with Crippen LogP contribution >= 0.6 is 11.6 Å². The maximum absolute atomic E-state index is 12.4. The van der Waals surface area contributed by atoms with Crippen LogP contribution in [-0.4, -0.2) is 41.9 Å². The number of nitrogens with one attached hydrogen (secondary N) is 3.